The number of rotatable bonds is 3. The summed E-state index contributed by atoms with van der Waals surface area (Å²) in [5.41, 5.74) is 7.94. The third kappa shape index (κ3) is 3.04. The monoisotopic (exact) mass is 384 g/mol. The number of imidazole rings is 1. The maximum Gasteiger partial charge on any atom is 0.255 e. The highest BCUT2D eigenvalue weighted by atomic mass is 32.1. The lowest BCUT2D eigenvalue weighted by atomic mass is 10.1. The molecular formula is C22H16N4OS. The zero-order valence-electron chi connectivity index (χ0n) is 15.1. The number of benzene rings is 2. The number of hydrogen-bond donors (Lipinski definition) is 1. The molecule has 136 valence electrons. The minimum absolute atomic E-state index is 0.141. The number of pyridine rings is 1. The summed E-state index contributed by atoms with van der Waals surface area (Å²) in [6.07, 6.45) is 4.00. The van der Waals surface area contributed by atoms with E-state index in [1.54, 1.807) is 11.6 Å². The van der Waals surface area contributed by atoms with Gasteiger partial charge < -0.3 is 9.72 Å². The number of aryl methyl sites for hydroxylation is 1. The largest absolute Gasteiger partial charge is 0.322 e. The van der Waals surface area contributed by atoms with E-state index in [0.717, 1.165) is 32.8 Å². The van der Waals surface area contributed by atoms with Crippen molar-refractivity contribution in [1.82, 2.24) is 14.4 Å². The van der Waals surface area contributed by atoms with Crippen LogP contribution in [-0.2, 0) is 0 Å². The summed E-state index contributed by atoms with van der Waals surface area (Å²) in [5.74, 6) is -0.141. The van der Waals surface area contributed by atoms with Crippen molar-refractivity contribution >= 4 is 38.8 Å². The maximum absolute atomic E-state index is 12.7. The topological polar surface area (TPSA) is 59.3 Å². The van der Waals surface area contributed by atoms with E-state index in [4.69, 9.17) is 4.98 Å². The zero-order chi connectivity index (χ0) is 19.1. The second-order valence-electron chi connectivity index (χ2n) is 6.67. The zero-order valence-corrected chi connectivity index (χ0v) is 15.9. The van der Waals surface area contributed by atoms with Gasteiger partial charge in [0.1, 0.15) is 5.65 Å². The maximum atomic E-state index is 12.7. The van der Waals surface area contributed by atoms with Gasteiger partial charge in [-0.05, 0) is 55.0 Å². The van der Waals surface area contributed by atoms with E-state index in [2.05, 4.69) is 16.4 Å². The Morgan fingerprint density at radius 1 is 1.11 bits per heavy atom. The number of nitrogens with zero attached hydrogens (tertiary/aromatic N) is 3. The molecule has 0 bridgehead atoms. The minimum atomic E-state index is -0.141. The summed E-state index contributed by atoms with van der Waals surface area (Å²) in [5, 5.41) is 2.98. The van der Waals surface area contributed by atoms with Crippen LogP contribution < -0.4 is 5.32 Å². The summed E-state index contributed by atoms with van der Waals surface area (Å²) in [7, 11) is 0. The van der Waals surface area contributed by atoms with Gasteiger partial charge >= 0.3 is 0 Å². The van der Waals surface area contributed by atoms with Gasteiger partial charge in [-0.1, -0.05) is 12.1 Å². The van der Waals surface area contributed by atoms with Crippen molar-refractivity contribution in [2.45, 2.75) is 6.92 Å². The van der Waals surface area contributed by atoms with Gasteiger partial charge in [0.15, 0.2) is 0 Å². The van der Waals surface area contributed by atoms with Gasteiger partial charge in [0.2, 0.25) is 0 Å². The molecule has 0 atom stereocenters. The van der Waals surface area contributed by atoms with E-state index in [0.29, 0.717) is 5.56 Å². The molecule has 5 rings (SSSR count). The molecule has 2 aromatic carbocycles. The molecule has 0 unspecified atom stereocenters. The van der Waals surface area contributed by atoms with Crippen molar-refractivity contribution in [3.63, 3.8) is 0 Å². The van der Waals surface area contributed by atoms with E-state index in [-0.39, 0.29) is 5.91 Å². The molecule has 0 spiro atoms. The van der Waals surface area contributed by atoms with E-state index in [1.165, 1.54) is 16.9 Å². The Bertz CT molecular complexity index is 1330. The Hall–Kier alpha value is -3.51. The van der Waals surface area contributed by atoms with Crippen LogP contribution in [0.1, 0.15) is 15.9 Å². The molecule has 0 saturated carbocycles. The van der Waals surface area contributed by atoms with Crippen LogP contribution >= 0.6 is 11.3 Å². The quantitative estimate of drug-likeness (QED) is 0.467. The fourth-order valence-electron chi connectivity index (χ4n) is 3.18. The molecule has 0 aliphatic carbocycles. The number of carbonyl (C=O) groups is 1. The Balaban J connectivity index is 1.43. The molecule has 5 nitrogen and oxygen atoms in total. The van der Waals surface area contributed by atoms with Crippen LogP contribution in [0.25, 0.3) is 27.1 Å². The van der Waals surface area contributed by atoms with E-state index in [9.17, 15) is 4.79 Å². The highest BCUT2D eigenvalue weighted by molar-refractivity contribution is 7.16. The molecule has 0 radical (unpaired) electrons. The third-order valence-corrected chi connectivity index (χ3v) is 5.42. The average Bonchev–Trinajstić information content (AvgIpc) is 3.33. The smallest absolute Gasteiger partial charge is 0.255 e. The molecule has 0 aliphatic heterocycles. The van der Waals surface area contributed by atoms with Crippen LogP contribution in [0.5, 0.6) is 0 Å². The standard InChI is InChI=1S/C22H16N4OS/c1-14-7-8-26-12-19(25-21(26)9-14)15-3-2-4-17(10-15)24-22(27)16-5-6-18-20(11-16)28-13-23-18/h2-13H,1H3,(H,24,27). The molecule has 6 heteroatoms. The Labute approximate surface area is 165 Å². The third-order valence-electron chi connectivity index (χ3n) is 4.63. The van der Waals surface area contributed by atoms with Crippen LogP contribution in [0.3, 0.4) is 0 Å². The van der Waals surface area contributed by atoms with Gasteiger partial charge in [-0.25, -0.2) is 9.97 Å². The van der Waals surface area contributed by atoms with Crippen LogP contribution in [0.2, 0.25) is 0 Å². The number of anilines is 1. The van der Waals surface area contributed by atoms with Crippen molar-refractivity contribution in [2.75, 3.05) is 5.32 Å². The predicted molar refractivity (Wildman–Crippen MR) is 113 cm³/mol. The highest BCUT2D eigenvalue weighted by Gasteiger charge is 2.10. The summed E-state index contributed by atoms with van der Waals surface area (Å²) >= 11 is 1.53. The first-order valence-electron chi connectivity index (χ1n) is 8.86. The lowest BCUT2D eigenvalue weighted by Gasteiger charge is -2.07. The van der Waals surface area contributed by atoms with E-state index >= 15 is 0 Å². The summed E-state index contributed by atoms with van der Waals surface area (Å²) in [6, 6.07) is 17.4. The molecule has 1 N–H and O–H groups in total. The van der Waals surface area contributed by atoms with Crippen molar-refractivity contribution < 1.29 is 4.79 Å². The molecular weight excluding hydrogens is 368 g/mol. The number of amides is 1. The lowest BCUT2D eigenvalue weighted by molar-refractivity contribution is 0.102. The molecule has 0 fully saturated rings. The normalized spacial score (nSPS) is 11.2. The second-order valence-corrected chi connectivity index (χ2v) is 7.55. The number of nitrogens with one attached hydrogen (secondary N) is 1. The van der Waals surface area contributed by atoms with Gasteiger partial charge in [-0.3, -0.25) is 4.79 Å². The number of fused-ring (bicyclic) bond motifs is 2. The van der Waals surface area contributed by atoms with Gasteiger partial charge in [-0.15, -0.1) is 11.3 Å². The van der Waals surface area contributed by atoms with Gasteiger partial charge in [0.25, 0.3) is 5.91 Å². The van der Waals surface area contributed by atoms with E-state index < -0.39 is 0 Å². The molecule has 0 aliphatic rings. The van der Waals surface area contributed by atoms with Crippen molar-refractivity contribution in [3.8, 4) is 11.3 Å². The SMILES string of the molecule is Cc1ccn2cc(-c3cccc(NC(=O)c4ccc5ncsc5c4)c3)nc2c1. The molecule has 0 saturated heterocycles. The van der Waals surface area contributed by atoms with Crippen LogP contribution in [0.15, 0.2) is 72.5 Å². The average molecular weight is 384 g/mol. The van der Waals surface area contributed by atoms with Crippen LogP contribution in [-0.4, -0.2) is 20.3 Å². The number of thiazole rings is 1. The lowest BCUT2D eigenvalue weighted by Crippen LogP contribution is -2.11. The predicted octanol–water partition coefficient (Wildman–Crippen LogP) is 5.17. The molecule has 3 aromatic heterocycles. The van der Waals surface area contributed by atoms with Crippen molar-refractivity contribution in [3.05, 3.63) is 83.6 Å². The number of aromatic nitrogens is 3. The fraction of sp³-hybridized carbons (Fsp3) is 0.0455. The summed E-state index contributed by atoms with van der Waals surface area (Å²) < 4.78 is 3.00. The molecule has 3 heterocycles. The first-order chi connectivity index (χ1) is 13.7. The Kier molecular flexibility index (Phi) is 3.91. The van der Waals surface area contributed by atoms with E-state index in [1.807, 2.05) is 66.2 Å². The van der Waals surface area contributed by atoms with Crippen molar-refractivity contribution in [1.29, 1.82) is 0 Å². The Morgan fingerprint density at radius 3 is 2.96 bits per heavy atom. The summed E-state index contributed by atoms with van der Waals surface area (Å²) in [4.78, 5) is 21.6. The van der Waals surface area contributed by atoms with Crippen molar-refractivity contribution in [2.24, 2.45) is 0 Å². The first-order valence-corrected chi connectivity index (χ1v) is 9.74. The van der Waals surface area contributed by atoms with Gasteiger partial charge in [0.05, 0.1) is 21.4 Å². The molecule has 5 aromatic rings. The van der Waals surface area contributed by atoms with Crippen LogP contribution in [0, 0.1) is 6.92 Å². The van der Waals surface area contributed by atoms with Crippen LogP contribution in [0.4, 0.5) is 5.69 Å². The fourth-order valence-corrected chi connectivity index (χ4v) is 3.90. The first kappa shape index (κ1) is 16.6. The minimum Gasteiger partial charge on any atom is -0.322 e. The second kappa shape index (κ2) is 6.58. The summed E-state index contributed by atoms with van der Waals surface area (Å²) in [6.45, 7) is 2.05. The highest BCUT2D eigenvalue weighted by Crippen LogP contribution is 2.24. The Morgan fingerprint density at radius 2 is 2.04 bits per heavy atom. The molecule has 28 heavy (non-hydrogen) atoms. The number of hydrogen-bond acceptors (Lipinski definition) is 4. The number of carbonyl (C=O) groups excluding carboxylic acids is 1. The van der Waals surface area contributed by atoms with Gasteiger partial charge in [0, 0.05) is 29.2 Å². The molecule has 1 amide bonds. The van der Waals surface area contributed by atoms with Gasteiger partial charge in [-0.2, -0.15) is 0 Å².